The number of anilines is 1. The fourth-order valence-corrected chi connectivity index (χ4v) is 2.08. The lowest BCUT2D eigenvalue weighted by Gasteiger charge is -2.05. The van der Waals surface area contributed by atoms with Crippen LogP contribution in [0.4, 0.5) is 10.1 Å². The van der Waals surface area contributed by atoms with Crippen molar-refractivity contribution in [1.29, 1.82) is 0 Å². The average Bonchev–Trinajstić information content (AvgIpc) is 2.90. The number of rotatable bonds is 5. The van der Waals surface area contributed by atoms with Crippen LogP contribution in [-0.4, -0.2) is 21.9 Å². The summed E-state index contributed by atoms with van der Waals surface area (Å²) in [4.78, 5) is 11.8. The first-order valence-electron chi connectivity index (χ1n) is 6.48. The van der Waals surface area contributed by atoms with Gasteiger partial charge in [-0.1, -0.05) is 31.7 Å². The summed E-state index contributed by atoms with van der Waals surface area (Å²) in [7, 11) is 0. The summed E-state index contributed by atoms with van der Waals surface area (Å²) in [6.45, 7) is 5.56. The molecule has 1 heterocycles. The maximum Gasteiger partial charge on any atom is 0.277 e. The third kappa shape index (κ3) is 4.29. The van der Waals surface area contributed by atoms with Gasteiger partial charge in [-0.25, -0.2) is 4.39 Å². The van der Waals surface area contributed by atoms with Gasteiger partial charge in [0.15, 0.2) is 0 Å². The third-order valence-electron chi connectivity index (χ3n) is 2.70. The van der Waals surface area contributed by atoms with Gasteiger partial charge in [-0.2, -0.15) is 0 Å². The second-order valence-corrected chi connectivity index (χ2v) is 5.79. The summed E-state index contributed by atoms with van der Waals surface area (Å²) in [6.07, 6.45) is 0. The molecule has 1 aromatic heterocycles. The Bertz CT molecular complexity index is 643. The summed E-state index contributed by atoms with van der Waals surface area (Å²) in [6, 6.07) is 4.57. The van der Waals surface area contributed by atoms with Gasteiger partial charge in [-0.3, -0.25) is 4.79 Å². The van der Waals surface area contributed by atoms with Crippen molar-refractivity contribution in [2.24, 2.45) is 0 Å². The molecule has 0 atom stereocenters. The standard InChI is InChI=1S/C14H16FN3O2S/c1-8(2)13-17-18-14(20-13)21-7-12(19)16-10-5-4-9(3)11(15)6-10/h4-6,8H,7H2,1-3H3,(H,16,19). The van der Waals surface area contributed by atoms with Crippen molar-refractivity contribution in [3.63, 3.8) is 0 Å². The first-order chi connectivity index (χ1) is 9.95. The van der Waals surface area contributed by atoms with E-state index in [1.165, 1.54) is 6.07 Å². The fourth-order valence-electron chi connectivity index (χ4n) is 1.51. The Morgan fingerprint density at radius 3 is 2.81 bits per heavy atom. The quantitative estimate of drug-likeness (QED) is 0.858. The lowest BCUT2D eigenvalue weighted by molar-refractivity contribution is -0.113. The Hall–Kier alpha value is -1.89. The summed E-state index contributed by atoms with van der Waals surface area (Å²) in [5, 5.41) is 10.7. The molecule has 1 aromatic carbocycles. The maximum atomic E-state index is 13.4. The Labute approximate surface area is 126 Å². The van der Waals surface area contributed by atoms with E-state index in [1.807, 2.05) is 13.8 Å². The number of carbonyl (C=O) groups is 1. The van der Waals surface area contributed by atoms with Gasteiger partial charge in [0.05, 0.1) is 5.75 Å². The number of aromatic nitrogens is 2. The number of amides is 1. The van der Waals surface area contributed by atoms with Crippen molar-refractivity contribution in [3.05, 3.63) is 35.5 Å². The Balaban J connectivity index is 1.88. The number of hydrogen-bond acceptors (Lipinski definition) is 5. The van der Waals surface area contributed by atoms with Crippen molar-refractivity contribution in [2.45, 2.75) is 31.9 Å². The van der Waals surface area contributed by atoms with E-state index < -0.39 is 0 Å². The molecule has 5 nitrogen and oxygen atoms in total. The van der Waals surface area contributed by atoms with Gasteiger partial charge < -0.3 is 9.73 Å². The Morgan fingerprint density at radius 1 is 1.43 bits per heavy atom. The predicted molar refractivity (Wildman–Crippen MR) is 78.9 cm³/mol. The van der Waals surface area contributed by atoms with Crippen molar-refractivity contribution in [2.75, 3.05) is 11.1 Å². The molecule has 21 heavy (non-hydrogen) atoms. The van der Waals surface area contributed by atoms with Gasteiger partial charge in [0, 0.05) is 11.6 Å². The molecular formula is C14H16FN3O2S. The molecule has 0 bridgehead atoms. The Morgan fingerprint density at radius 2 is 2.19 bits per heavy atom. The monoisotopic (exact) mass is 309 g/mol. The molecule has 0 aliphatic rings. The molecule has 0 aliphatic carbocycles. The molecule has 1 N–H and O–H groups in total. The summed E-state index contributed by atoms with van der Waals surface area (Å²) >= 11 is 1.15. The van der Waals surface area contributed by atoms with Gasteiger partial charge in [0.1, 0.15) is 5.82 Å². The first-order valence-corrected chi connectivity index (χ1v) is 7.46. The van der Waals surface area contributed by atoms with Crippen molar-refractivity contribution < 1.29 is 13.6 Å². The highest BCUT2D eigenvalue weighted by molar-refractivity contribution is 7.99. The third-order valence-corrected chi connectivity index (χ3v) is 3.52. The lowest BCUT2D eigenvalue weighted by atomic mass is 10.2. The minimum absolute atomic E-state index is 0.120. The van der Waals surface area contributed by atoms with Crippen LogP contribution in [0.15, 0.2) is 27.8 Å². The molecule has 0 unspecified atom stereocenters. The molecule has 0 spiro atoms. The predicted octanol–water partition coefficient (Wildman–Crippen LogP) is 3.37. The van der Waals surface area contributed by atoms with E-state index in [4.69, 9.17) is 4.42 Å². The SMILES string of the molecule is Cc1ccc(NC(=O)CSc2nnc(C(C)C)o2)cc1F. The van der Waals surface area contributed by atoms with Crippen LogP contribution in [0, 0.1) is 12.7 Å². The summed E-state index contributed by atoms with van der Waals surface area (Å²) in [5.74, 6) is 0.205. The van der Waals surface area contributed by atoms with Crippen molar-refractivity contribution in [3.8, 4) is 0 Å². The van der Waals surface area contributed by atoms with E-state index in [2.05, 4.69) is 15.5 Å². The zero-order valence-electron chi connectivity index (χ0n) is 12.0. The second-order valence-electron chi connectivity index (χ2n) is 4.86. The fraction of sp³-hybridized carbons (Fsp3) is 0.357. The minimum atomic E-state index is -0.348. The molecular weight excluding hydrogens is 293 g/mol. The number of halogens is 1. The van der Waals surface area contributed by atoms with E-state index >= 15 is 0 Å². The molecule has 0 fully saturated rings. The van der Waals surface area contributed by atoms with Crippen LogP contribution in [0.3, 0.4) is 0 Å². The normalized spacial score (nSPS) is 10.9. The van der Waals surface area contributed by atoms with Crippen LogP contribution in [0.25, 0.3) is 0 Å². The molecule has 112 valence electrons. The zero-order valence-corrected chi connectivity index (χ0v) is 12.8. The highest BCUT2D eigenvalue weighted by Crippen LogP contribution is 2.20. The van der Waals surface area contributed by atoms with Crippen LogP contribution in [0.1, 0.15) is 31.2 Å². The number of thioether (sulfide) groups is 1. The highest BCUT2D eigenvalue weighted by Gasteiger charge is 2.12. The number of benzene rings is 1. The van der Waals surface area contributed by atoms with E-state index in [9.17, 15) is 9.18 Å². The smallest absolute Gasteiger partial charge is 0.277 e. The van der Waals surface area contributed by atoms with Crippen molar-refractivity contribution >= 4 is 23.4 Å². The Kier molecular flexibility index (Phi) is 4.95. The van der Waals surface area contributed by atoms with Crippen molar-refractivity contribution in [1.82, 2.24) is 10.2 Å². The molecule has 1 amide bonds. The number of carbonyl (C=O) groups excluding carboxylic acids is 1. The number of nitrogens with one attached hydrogen (secondary N) is 1. The van der Waals surface area contributed by atoms with E-state index in [1.54, 1.807) is 19.1 Å². The van der Waals surface area contributed by atoms with Gasteiger partial charge >= 0.3 is 0 Å². The minimum Gasteiger partial charge on any atom is -0.416 e. The zero-order chi connectivity index (χ0) is 15.4. The largest absolute Gasteiger partial charge is 0.416 e. The summed E-state index contributed by atoms with van der Waals surface area (Å²) < 4.78 is 18.8. The van der Waals surface area contributed by atoms with Gasteiger partial charge in [0.2, 0.25) is 11.8 Å². The van der Waals surface area contributed by atoms with Crippen LogP contribution in [-0.2, 0) is 4.79 Å². The number of hydrogen-bond donors (Lipinski definition) is 1. The molecule has 0 saturated carbocycles. The van der Waals surface area contributed by atoms with E-state index in [0.717, 1.165) is 11.8 Å². The van der Waals surface area contributed by atoms with Crippen LogP contribution >= 0.6 is 11.8 Å². The first kappa shape index (κ1) is 15.5. The lowest BCUT2D eigenvalue weighted by Crippen LogP contribution is -2.14. The van der Waals surface area contributed by atoms with Crippen LogP contribution in [0.2, 0.25) is 0 Å². The molecule has 0 saturated heterocycles. The van der Waals surface area contributed by atoms with E-state index in [0.29, 0.717) is 22.4 Å². The highest BCUT2D eigenvalue weighted by atomic mass is 32.2. The number of nitrogens with zero attached hydrogens (tertiary/aromatic N) is 2. The second kappa shape index (κ2) is 6.71. The molecule has 2 aromatic rings. The van der Waals surface area contributed by atoms with E-state index in [-0.39, 0.29) is 23.4 Å². The van der Waals surface area contributed by atoms with Gasteiger partial charge in [-0.15, -0.1) is 10.2 Å². The van der Waals surface area contributed by atoms with Gasteiger partial charge in [0.25, 0.3) is 5.22 Å². The van der Waals surface area contributed by atoms with Crippen LogP contribution in [0.5, 0.6) is 0 Å². The topological polar surface area (TPSA) is 68.0 Å². The molecule has 0 aliphatic heterocycles. The molecule has 2 rings (SSSR count). The average molecular weight is 309 g/mol. The number of aryl methyl sites for hydroxylation is 1. The summed E-state index contributed by atoms with van der Waals surface area (Å²) in [5.41, 5.74) is 0.964. The molecule has 7 heteroatoms. The van der Waals surface area contributed by atoms with Crippen LogP contribution < -0.4 is 5.32 Å². The van der Waals surface area contributed by atoms with Gasteiger partial charge in [-0.05, 0) is 24.6 Å². The molecule has 0 radical (unpaired) electrons. The maximum absolute atomic E-state index is 13.4.